The molecule has 0 aliphatic rings. The van der Waals surface area contributed by atoms with Crippen LogP contribution in [0.25, 0.3) is 33.5 Å². The third kappa shape index (κ3) is 4.26. The van der Waals surface area contributed by atoms with Crippen molar-refractivity contribution in [1.29, 1.82) is 0 Å². The Morgan fingerprint density at radius 1 is 1.03 bits per heavy atom. The molecule has 0 atom stereocenters. The molecule has 172 valence electrons. The number of halogens is 1. The Morgan fingerprint density at radius 3 is 2.53 bits per heavy atom. The molecule has 0 aliphatic heterocycles. The highest BCUT2D eigenvalue weighted by molar-refractivity contribution is 7.98. The van der Waals surface area contributed by atoms with Gasteiger partial charge >= 0.3 is 0 Å². The third-order valence-corrected chi connectivity index (χ3v) is 6.68. The molecule has 0 bridgehead atoms. The largest absolute Gasteiger partial charge is 0.344 e. The molecule has 0 saturated heterocycles. The van der Waals surface area contributed by atoms with E-state index >= 15 is 0 Å². The zero-order chi connectivity index (χ0) is 23.7. The molecular weight excluding hydrogens is 470 g/mol. The van der Waals surface area contributed by atoms with Crippen LogP contribution in [-0.4, -0.2) is 24.3 Å². The number of benzene rings is 2. The standard InChI is InChI=1S/C25H22ClN5O2S/c1-3-13-31-24(32)22-21(19(14-30(22)2)16-7-5-4-6-8-16)28-25(31)34-15-20-27-23(29-33-20)17-9-11-18(26)12-10-17/h4-12,14H,3,13,15H2,1-2H3. The van der Waals surface area contributed by atoms with Gasteiger partial charge in [-0.15, -0.1) is 0 Å². The molecule has 2 aromatic carbocycles. The molecule has 5 aromatic rings. The van der Waals surface area contributed by atoms with Crippen LogP contribution in [0, 0.1) is 0 Å². The third-order valence-electron chi connectivity index (χ3n) is 5.47. The van der Waals surface area contributed by atoms with Crippen LogP contribution in [0.1, 0.15) is 19.2 Å². The Labute approximate surface area is 205 Å². The fourth-order valence-electron chi connectivity index (χ4n) is 3.87. The van der Waals surface area contributed by atoms with Crippen molar-refractivity contribution in [1.82, 2.24) is 24.3 Å². The second kappa shape index (κ2) is 9.48. The number of aryl methyl sites for hydroxylation is 1. The first kappa shape index (κ1) is 22.4. The van der Waals surface area contributed by atoms with Gasteiger partial charge in [0.05, 0.1) is 5.75 Å². The molecule has 0 saturated carbocycles. The zero-order valence-electron chi connectivity index (χ0n) is 18.7. The van der Waals surface area contributed by atoms with E-state index in [0.29, 0.717) is 45.2 Å². The van der Waals surface area contributed by atoms with E-state index in [2.05, 4.69) is 10.1 Å². The lowest BCUT2D eigenvalue weighted by atomic mass is 10.1. The van der Waals surface area contributed by atoms with Crippen LogP contribution < -0.4 is 5.56 Å². The molecule has 3 aromatic heterocycles. The van der Waals surface area contributed by atoms with Gasteiger partial charge in [0.2, 0.25) is 11.7 Å². The van der Waals surface area contributed by atoms with Gasteiger partial charge in [-0.05, 0) is 36.2 Å². The Hall–Kier alpha value is -3.36. The topological polar surface area (TPSA) is 78.7 Å². The number of rotatable bonds is 7. The lowest BCUT2D eigenvalue weighted by molar-refractivity contribution is 0.391. The molecule has 7 nitrogen and oxygen atoms in total. The van der Waals surface area contributed by atoms with Gasteiger partial charge < -0.3 is 9.09 Å². The highest BCUT2D eigenvalue weighted by Gasteiger charge is 2.19. The second-order valence-corrected chi connectivity index (χ2v) is 9.25. The molecular formula is C25H22ClN5O2S. The van der Waals surface area contributed by atoms with E-state index in [-0.39, 0.29) is 5.56 Å². The summed E-state index contributed by atoms with van der Waals surface area (Å²) in [5, 5.41) is 5.36. The average Bonchev–Trinajstić information content (AvgIpc) is 3.45. The molecule has 0 amide bonds. The molecule has 0 spiro atoms. The van der Waals surface area contributed by atoms with E-state index in [4.69, 9.17) is 21.1 Å². The smallest absolute Gasteiger partial charge is 0.278 e. The van der Waals surface area contributed by atoms with E-state index in [1.54, 1.807) is 16.7 Å². The summed E-state index contributed by atoms with van der Waals surface area (Å²) in [5.41, 5.74) is 4.02. The first-order valence-electron chi connectivity index (χ1n) is 10.9. The summed E-state index contributed by atoms with van der Waals surface area (Å²) >= 11 is 7.38. The summed E-state index contributed by atoms with van der Waals surface area (Å²) in [6.07, 6.45) is 2.79. The van der Waals surface area contributed by atoms with Gasteiger partial charge in [0.25, 0.3) is 5.56 Å². The second-order valence-electron chi connectivity index (χ2n) is 7.88. The van der Waals surface area contributed by atoms with E-state index in [1.807, 2.05) is 67.2 Å². The van der Waals surface area contributed by atoms with Crippen molar-refractivity contribution < 1.29 is 4.52 Å². The Morgan fingerprint density at radius 2 is 1.79 bits per heavy atom. The van der Waals surface area contributed by atoms with Crippen LogP contribution in [0.5, 0.6) is 0 Å². The van der Waals surface area contributed by atoms with E-state index < -0.39 is 0 Å². The van der Waals surface area contributed by atoms with Gasteiger partial charge in [-0.1, -0.05) is 65.8 Å². The molecule has 34 heavy (non-hydrogen) atoms. The van der Waals surface area contributed by atoms with Crippen LogP contribution in [0.3, 0.4) is 0 Å². The summed E-state index contributed by atoms with van der Waals surface area (Å²) in [6, 6.07) is 17.3. The lowest BCUT2D eigenvalue weighted by Crippen LogP contribution is -2.24. The molecule has 0 radical (unpaired) electrons. The molecule has 0 N–H and O–H groups in total. The van der Waals surface area contributed by atoms with Crippen LogP contribution in [0.15, 0.2) is 75.3 Å². The van der Waals surface area contributed by atoms with Crippen molar-refractivity contribution >= 4 is 34.4 Å². The predicted octanol–water partition coefficient (Wildman–Crippen LogP) is 5.81. The number of hydrogen-bond acceptors (Lipinski definition) is 6. The summed E-state index contributed by atoms with van der Waals surface area (Å²) in [7, 11) is 1.89. The van der Waals surface area contributed by atoms with Gasteiger partial charge in [-0.25, -0.2) is 4.98 Å². The summed E-state index contributed by atoms with van der Waals surface area (Å²) in [4.78, 5) is 22.9. The van der Waals surface area contributed by atoms with Gasteiger partial charge in [-0.2, -0.15) is 4.98 Å². The van der Waals surface area contributed by atoms with Crippen LogP contribution in [0.4, 0.5) is 0 Å². The highest BCUT2D eigenvalue weighted by atomic mass is 35.5. The van der Waals surface area contributed by atoms with E-state index in [1.165, 1.54) is 11.8 Å². The summed E-state index contributed by atoms with van der Waals surface area (Å²) < 4.78 is 9.05. The average molecular weight is 492 g/mol. The number of aromatic nitrogens is 5. The molecule has 0 unspecified atom stereocenters. The number of fused-ring (bicyclic) bond motifs is 1. The maximum atomic E-state index is 13.5. The Kier molecular flexibility index (Phi) is 6.26. The minimum atomic E-state index is -0.0496. The molecule has 5 rings (SSSR count). The van der Waals surface area contributed by atoms with Gasteiger partial charge in [-0.3, -0.25) is 9.36 Å². The summed E-state index contributed by atoms with van der Waals surface area (Å²) in [5.74, 6) is 1.36. The number of nitrogens with zero attached hydrogens (tertiary/aromatic N) is 5. The van der Waals surface area contributed by atoms with Crippen molar-refractivity contribution in [3.63, 3.8) is 0 Å². The first-order valence-corrected chi connectivity index (χ1v) is 12.3. The van der Waals surface area contributed by atoms with Crippen LogP contribution in [-0.2, 0) is 19.3 Å². The SMILES string of the molecule is CCCn1c(SCc2nc(-c3ccc(Cl)cc3)no2)nc2c(-c3ccccc3)cn(C)c2c1=O. The Bertz CT molecular complexity index is 1510. The predicted molar refractivity (Wildman–Crippen MR) is 135 cm³/mol. The zero-order valence-corrected chi connectivity index (χ0v) is 20.3. The first-order chi connectivity index (χ1) is 16.5. The van der Waals surface area contributed by atoms with Gasteiger partial charge in [0.1, 0.15) is 11.0 Å². The van der Waals surface area contributed by atoms with Crippen molar-refractivity contribution in [3.05, 3.63) is 82.1 Å². The molecule has 9 heteroatoms. The highest BCUT2D eigenvalue weighted by Crippen LogP contribution is 2.30. The molecule has 3 heterocycles. The van der Waals surface area contributed by atoms with E-state index in [9.17, 15) is 4.79 Å². The van der Waals surface area contributed by atoms with Gasteiger partial charge in [0, 0.05) is 35.9 Å². The Balaban J connectivity index is 1.50. The quantitative estimate of drug-likeness (QED) is 0.211. The lowest BCUT2D eigenvalue weighted by Gasteiger charge is -2.11. The van der Waals surface area contributed by atoms with Crippen molar-refractivity contribution in [3.8, 4) is 22.5 Å². The normalized spacial score (nSPS) is 11.4. The number of thioether (sulfide) groups is 1. The van der Waals surface area contributed by atoms with Gasteiger partial charge in [0.15, 0.2) is 5.16 Å². The fourth-order valence-corrected chi connectivity index (χ4v) is 4.85. The molecule has 0 aliphatic carbocycles. The minimum absolute atomic E-state index is 0.0496. The number of hydrogen-bond donors (Lipinski definition) is 0. The maximum Gasteiger partial charge on any atom is 0.278 e. The van der Waals surface area contributed by atoms with Crippen LogP contribution >= 0.6 is 23.4 Å². The van der Waals surface area contributed by atoms with Crippen molar-refractivity contribution in [2.75, 3.05) is 0 Å². The van der Waals surface area contributed by atoms with Crippen molar-refractivity contribution in [2.45, 2.75) is 30.8 Å². The van der Waals surface area contributed by atoms with Crippen molar-refractivity contribution in [2.24, 2.45) is 7.05 Å². The fraction of sp³-hybridized carbons (Fsp3) is 0.200. The molecule has 0 fully saturated rings. The maximum absolute atomic E-state index is 13.5. The van der Waals surface area contributed by atoms with Crippen LogP contribution in [0.2, 0.25) is 5.02 Å². The minimum Gasteiger partial charge on any atom is -0.344 e. The van der Waals surface area contributed by atoms with E-state index in [0.717, 1.165) is 23.1 Å². The monoisotopic (exact) mass is 491 g/mol. The summed E-state index contributed by atoms with van der Waals surface area (Å²) in [6.45, 7) is 2.62.